The minimum Gasteiger partial charge on any atom is -0.490 e. The molecule has 1 rings (SSSR count). The lowest BCUT2D eigenvalue weighted by Gasteiger charge is -2.05. The Labute approximate surface area is 84.6 Å². The van der Waals surface area contributed by atoms with Gasteiger partial charge >= 0.3 is 0 Å². The van der Waals surface area contributed by atoms with Gasteiger partial charge in [0.25, 0.3) is 5.69 Å². The number of carbonyl (C=O) groups is 1. The molecule has 15 heavy (non-hydrogen) atoms. The summed E-state index contributed by atoms with van der Waals surface area (Å²) in [7, 11) is 0. The molecule has 5 nitrogen and oxygen atoms in total. The number of alkyl halides is 1. The summed E-state index contributed by atoms with van der Waals surface area (Å²) in [5.74, 6) is 0.147. The molecule has 0 fully saturated rings. The molecule has 0 saturated heterocycles. The zero-order valence-corrected chi connectivity index (χ0v) is 7.68. The summed E-state index contributed by atoms with van der Waals surface area (Å²) in [6.45, 7) is -0.867. The molecule has 1 aromatic rings. The van der Waals surface area contributed by atoms with Gasteiger partial charge in [-0.3, -0.25) is 14.9 Å². The van der Waals surface area contributed by atoms with Gasteiger partial charge in [0.2, 0.25) is 0 Å². The number of aldehydes is 1. The molecule has 0 aliphatic heterocycles. The van der Waals surface area contributed by atoms with E-state index in [0.29, 0.717) is 6.29 Å². The minimum atomic E-state index is -0.685. The fourth-order valence-electron chi connectivity index (χ4n) is 1.02. The lowest BCUT2D eigenvalue weighted by Crippen LogP contribution is -2.01. The van der Waals surface area contributed by atoms with Gasteiger partial charge in [-0.05, 0) is 6.07 Å². The number of nitro benzene ring substituents is 1. The van der Waals surface area contributed by atoms with Crippen molar-refractivity contribution >= 4 is 12.0 Å². The van der Waals surface area contributed by atoms with Crippen LogP contribution in [0.1, 0.15) is 10.4 Å². The summed E-state index contributed by atoms with van der Waals surface area (Å²) in [4.78, 5) is 20.3. The van der Waals surface area contributed by atoms with Crippen LogP contribution in [-0.2, 0) is 0 Å². The predicted octanol–water partition coefficient (Wildman–Crippen LogP) is 1.76. The Hall–Kier alpha value is -1.98. The smallest absolute Gasteiger partial charge is 0.270 e. The Morgan fingerprint density at radius 2 is 2.27 bits per heavy atom. The Bertz CT molecular complexity index is 380. The largest absolute Gasteiger partial charge is 0.490 e. The van der Waals surface area contributed by atoms with E-state index in [2.05, 4.69) is 0 Å². The third-order valence-corrected chi connectivity index (χ3v) is 1.67. The molecule has 0 aromatic heterocycles. The van der Waals surface area contributed by atoms with E-state index in [1.165, 1.54) is 12.1 Å². The van der Waals surface area contributed by atoms with E-state index in [9.17, 15) is 19.3 Å². The highest BCUT2D eigenvalue weighted by Gasteiger charge is 2.10. The SMILES string of the molecule is O=Cc1cc([N+](=O)[O-])ccc1OCCF. The summed E-state index contributed by atoms with van der Waals surface area (Å²) in [5.41, 5.74) is -0.164. The molecule has 0 spiro atoms. The topological polar surface area (TPSA) is 69.4 Å². The minimum absolute atomic E-state index is 0.0395. The molecular formula is C9H8FNO4. The van der Waals surface area contributed by atoms with Gasteiger partial charge < -0.3 is 4.74 Å². The molecule has 0 aliphatic rings. The van der Waals surface area contributed by atoms with Crippen LogP contribution in [0.5, 0.6) is 5.75 Å². The molecule has 0 saturated carbocycles. The van der Waals surface area contributed by atoms with Gasteiger partial charge in [-0.1, -0.05) is 0 Å². The first-order valence-corrected chi connectivity index (χ1v) is 4.11. The molecule has 6 heteroatoms. The second kappa shape index (κ2) is 5.04. The molecule has 0 N–H and O–H groups in total. The first-order valence-electron chi connectivity index (χ1n) is 4.11. The van der Waals surface area contributed by atoms with E-state index in [4.69, 9.17) is 4.74 Å². The van der Waals surface area contributed by atoms with Crippen molar-refractivity contribution in [1.29, 1.82) is 0 Å². The Morgan fingerprint density at radius 3 is 2.80 bits per heavy atom. The predicted molar refractivity (Wildman–Crippen MR) is 50.0 cm³/mol. The van der Waals surface area contributed by atoms with Crippen LogP contribution in [0.3, 0.4) is 0 Å². The fourth-order valence-corrected chi connectivity index (χ4v) is 1.02. The zero-order valence-electron chi connectivity index (χ0n) is 7.68. The molecule has 0 amide bonds. The normalized spacial score (nSPS) is 9.67. The van der Waals surface area contributed by atoms with E-state index in [1.54, 1.807) is 0 Å². The Morgan fingerprint density at radius 1 is 1.53 bits per heavy atom. The third kappa shape index (κ3) is 2.73. The standard InChI is InChI=1S/C9H8FNO4/c10-3-4-15-9-2-1-8(11(13)14)5-7(9)6-12/h1-2,5-6H,3-4H2. The number of benzene rings is 1. The summed E-state index contributed by atoms with van der Waals surface area (Å²) >= 11 is 0. The van der Waals surface area contributed by atoms with Crippen LogP contribution in [0.15, 0.2) is 18.2 Å². The number of ether oxygens (including phenoxy) is 1. The van der Waals surface area contributed by atoms with Gasteiger partial charge in [0.1, 0.15) is 19.0 Å². The van der Waals surface area contributed by atoms with Crippen LogP contribution in [0.2, 0.25) is 0 Å². The maximum absolute atomic E-state index is 11.8. The molecule has 0 aliphatic carbocycles. The molecule has 0 radical (unpaired) electrons. The number of rotatable bonds is 5. The van der Waals surface area contributed by atoms with Crippen LogP contribution >= 0.6 is 0 Å². The molecular weight excluding hydrogens is 205 g/mol. The molecule has 1 aromatic carbocycles. The van der Waals surface area contributed by atoms with Crippen molar-refractivity contribution in [2.24, 2.45) is 0 Å². The van der Waals surface area contributed by atoms with Gasteiger partial charge in [-0.2, -0.15) is 0 Å². The average molecular weight is 213 g/mol. The maximum Gasteiger partial charge on any atom is 0.270 e. The van der Waals surface area contributed by atoms with Gasteiger partial charge in [-0.15, -0.1) is 0 Å². The maximum atomic E-state index is 11.8. The first-order chi connectivity index (χ1) is 7.19. The average Bonchev–Trinajstić information content (AvgIpc) is 2.25. The summed E-state index contributed by atoms with van der Waals surface area (Å²) < 4.78 is 16.7. The number of carbonyl (C=O) groups excluding carboxylic acids is 1. The van der Waals surface area contributed by atoms with Gasteiger partial charge in [-0.25, -0.2) is 4.39 Å². The summed E-state index contributed by atoms with van der Waals surface area (Å²) in [6.07, 6.45) is 0.431. The zero-order chi connectivity index (χ0) is 11.3. The number of nitro groups is 1. The van der Waals surface area contributed by atoms with E-state index in [1.807, 2.05) is 0 Å². The van der Waals surface area contributed by atoms with Crippen molar-refractivity contribution in [2.45, 2.75) is 0 Å². The summed E-state index contributed by atoms with van der Waals surface area (Å²) in [5, 5.41) is 10.4. The fraction of sp³-hybridized carbons (Fsp3) is 0.222. The molecule has 0 bridgehead atoms. The van der Waals surface area contributed by atoms with Gasteiger partial charge in [0, 0.05) is 12.1 Å². The number of non-ortho nitro benzene ring substituents is 1. The quantitative estimate of drug-likeness (QED) is 0.424. The first kappa shape index (κ1) is 11.1. The molecule has 0 unspecified atom stereocenters. The van der Waals surface area contributed by atoms with Crippen LogP contribution in [0.4, 0.5) is 10.1 Å². The van der Waals surface area contributed by atoms with Crippen molar-refractivity contribution in [3.63, 3.8) is 0 Å². The number of nitrogens with zero attached hydrogens (tertiary/aromatic N) is 1. The second-order valence-corrected chi connectivity index (χ2v) is 2.63. The number of halogens is 1. The second-order valence-electron chi connectivity index (χ2n) is 2.63. The highest BCUT2D eigenvalue weighted by molar-refractivity contribution is 5.80. The van der Waals surface area contributed by atoms with Crippen molar-refractivity contribution in [3.05, 3.63) is 33.9 Å². The van der Waals surface area contributed by atoms with E-state index < -0.39 is 11.6 Å². The van der Waals surface area contributed by atoms with Gasteiger partial charge in [0.05, 0.1) is 10.5 Å². The number of hydrogen-bond acceptors (Lipinski definition) is 4. The van der Waals surface area contributed by atoms with Crippen LogP contribution < -0.4 is 4.74 Å². The monoisotopic (exact) mass is 213 g/mol. The Balaban J connectivity index is 2.98. The van der Waals surface area contributed by atoms with Crippen molar-refractivity contribution < 1.29 is 18.8 Å². The highest BCUT2D eigenvalue weighted by Crippen LogP contribution is 2.22. The molecule has 0 heterocycles. The molecule has 0 atom stereocenters. The van der Waals surface area contributed by atoms with E-state index in [0.717, 1.165) is 6.07 Å². The Kier molecular flexibility index (Phi) is 3.73. The third-order valence-electron chi connectivity index (χ3n) is 1.67. The van der Waals surface area contributed by atoms with Crippen molar-refractivity contribution in [2.75, 3.05) is 13.3 Å². The summed E-state index contributed by atoms with van der Waals surface area (Å²) in [6, 6.07) is 3.55. The van der Waals surface area contributed by atoms with Crippen molar-refractivity contribution in [3.8, 4) is 5.75 Å². The lowest BCUT2D eigenvalue weighted by atomic mass is 10.2. The number of hydrogen-bond donors (Lipinski definition) is 0. The lowest BCUT2D eigenvalue weighted by molar-refractivity contribution is -0.384. The van der Waals surface area contributed by atoms with E-state index in [-0.39, 0.29) is 23.6 Å². The van der Waals surface area contributed by atoms with Crippen LogP contribution in [-0.4, -0.2) is 24.5 Å². The van der Waals surface area contributed by atoms with Crippen molar-refractivity contribution in [1.82, 2.24) is 0 Å². The van der Waals surface area contributed by atoms with Gasteiger partial charge in [0.15, 0.2) is 6.29 Å². The van der Waals surface area contributed by atoms with Crippen LogP contribution in [0, 0.1) is 10.1 Å². The van der Waals surface area contributed by atoms with Crippen LogP contribution in [0.25, 0.3) is 0 Å². The van der Waals surface area contributed by atoms with E-state index >= 15 is 0 Å². The highest BCUT2D eigenvalue weighted by atomic mass is 19.1. The molecule has 80 valence electrons.